The molecule has 0 radical (unpaired) electrons. The molecule has 1 aromatic heterocycles. The van der Waals surface area contributed by atoms with Gasteiger partial charge in [-0.05, 0) is 18.6 Å². The van der Waals surface area contributed by atoms with Crippen LogP contribution in [0.5, 0.6) is 0 Å². The minimum absolute atomic E-state index is 0.0212. The van der Waals surface area contributed by atoms with Crippen molar-refractivity contribution in [2.45, 2.75) is 6.42 Å². The number of aliphatic imine (C=N–C) groups is 1. The second kappa shape index (κ2) is 7.56. The van der Waals surface area contributed by atoms with E-state index in [2.05, 4.69) is 20.1 Å². The van der Waals surface area contributed by atoms with Gasteiger partial charge < -0.3 is 4.84 Å². The van der Waals surface area contributed by atoms with Crippen molar-refractivity contribution < 1.29 is 9.92 Å². The summed E-state index contributed by atoms with van der Waals surface area (Å²) in [4.78, 5) is 22.0. The molecule has 1 N–H and O–H groups in total. The number of pyridine rings is 1. The zero-order valence-corrected chi connectivity index (χ0v) is 9.44. The molecule has 0 fully saturated rings. The molecule has 1 rings (SSSR count). The van der Waals surface area contributed by atoms with Crippen LogP contribution in [0.25, 0.3) is 0 Å². The van der Waals surface area contributed by atoms with Gasteiger partial charge in [0.2, 0.25) is 0 Å². The third-order valence-electron chi connectivity index (χ3n) is 1.90. The molecular formula is C10H11N5O3. The van der Waals surface area contributed by atoms with Gasteiger partial charge in [-0.2, -0.15) is 5.26 Å². The lowest BCUT2D eigenvalue weighted by Crippen LogP contribution is -2.19. The number of amidine groups is 1. The number of rotatable bonds is 6. The SMILES string of the molecule is N#CNC(=NCCCO[N+](=O)[O-])c1ccncc1. The zero-order chi connectivity index (χ0) is 13.2. The molecule has 0 bridgehead atoms. The van der Waals surface area contributed by atoms with E-state index in [4.69, 9.17) is 5.26 Å². The topological polar surface area (TPSA) is 113 Å². The summed E-state index contributed by atoms with van der Waals surface area (Å²) in [6, 6.07) is 3.41. The molecule has 1 aromatic rings. The third-order valence-corrected chi connectivity index (χ3v) is 1.90. The van der Waals surface area contributed by atoms with Crippen molar-refractivity contribution in [3.63, 3.8) is 0 Å². The van der Waals surface area contributed by atoms with Crippen LogP contribution in [0.1, 0.15) is 12.0 Å². The lowest BCUT2D eigenvalue weighted by molar-refractivity contribution is -0.757. The standard InChI is InChI=1S/C10H11N5O3/c11-8-14-10(9-2-5-12-6-3-9)13-4-1-7-18-15(16)17/h2-3,5-6H,1,4,7H2,(H,13,14). The Morgan fingerprint density at radius 1 is 1.61 bits per heavy atom. The fourth-order valence-electron chi connectivity index (χ4n) is 1.16. The highest BCUT2D eigenvalue weighted by molar-refractivity contribution is 5.99. The summed E-state index contributed by atoms with van der Waals surface area (Å²) in [6.45, 7) is 0.298. The highest BCUT2D eigenvalue weighted by Gasteiger charge is 2.01. The molecule has 0 saturated carbocycles. The average molecular weight is 249 g/mol. The van der Waals surface area contributed by atoms with Crippen molar-refractivity contribution in [2.24, 2.45) is 4.99 Å². The van der Waals surface area contributed by atoms with Crippen molar-refractivity contribution in [2.75, 3.05) is 13.2 Å². The van der Waals surface area contributed by atoms with E-state index in [-0.39, 0.29) is 6.61 Å². The van der Waals surface area contributed by atoms with E-state index in [1.54, 1.807) is 30.7 Å². The largest absolute Gasteiger partial charge is 0.314 e. The summed E-state index contributed by atoms with van der Waals surface area (Å²) in [5.74, 6) is 0.404. The maximum atomic E-state index is 9.91. The Hall–Kier alpha value is -2.69. The third kappa shape index (κ3) is 4.89. The molecule has 0 spiro atoms. The molecule has 0 aliphatic carbocycles. The summed E-state index contributed by atoms with van der Waals surface area (Å²) >= 11 is 0. The number of nitrogens with one attached hydrogen (secondary N) is 1. The van der Waals surface area contributed by atoms with Gasteiger partial charge in [-0.15, -0.1) is 10.1 Å². The van der Waals surface area contributed by atoms with Crippen LogP contribution in [-0.2, 0) is 4.84 Å². The van der Waals surface area contributed by atoms with Gasteiger partial charge in [0.1, 0.15) is 5.84 Å². The highest BCUT2D eigenvalue weighted by atomic mass is 16.9. The van der Waals surface area contributed by atoms with Crippen molar-refractivity contribution in [3.05, 3.63) is 40.2 Å². The number of hydrogen-bond donors (Lipinski definition) is 1. The van der Waals surface area contributed by atoms with Crippen LogP contribution in [0.3, 0.4) is 0 Å². The molecule has 18 heavy (non-hydrogen) atoms. The van der Waals surface area contributed by atoms with Crippen LogP contribution in [0.2, 0.25) is 0 Å². The van der Waals surface area contributed by atoms with Crippen LogP contribution in [-0.4, -0.2) is 29.1 Å². The van der Waals surface area contributed by atoms with E-state index >= 15 is 0 Å². The van der Waals surface area contributed by atoms with Gasteiger partial charge in [0.15, 0.2) is 6.19 Å². The average Bonchev–Trinajstić information content (AvgIpc) is 2.38. The smallest absolute Gasteiger partial charge is 0.294 e. The minimum Gasteiger partial charge on any atom is -0.314 e. The van der Waals surface area contributed by atoms with Crippen LogP contribution >= 0.6 is 0 Å². The first-order valence-electron chi connectivity index (χ1n) is 5.11. The molecule has 1 heterocycles. The fraction of sp³-hybridized carbons (Fsp3) is 0.300. The molecule has 0 unspecified atom stereocenters. The predicted molar refractivity (Wildman–Crippen MR) is 62.0 cm³/mol. The van der Waals surface area contributed by atoms with E-state index in [1.165, 1.54) is 0 Å². The first-order valence-corrected chi connectivity index (χ1v) is 5.11. The molecule has 8 nitrogen and oxygen atoms in total. The van der Waals surface area contributed by atoms with Crippen molar-refractivity contribution in [3.8, 4) is 6.19 Å². The normalized spacial score (nSPS) is 10.5. The lowest BCUT2D eigenvalue weighted by atomic mass is 10.2. The summed E-state index contributed by atoms with van der Waals surface area (Å²) in [6.07, 6.45) is 5.34. The first-order chi connectivity index (χ1) is 8.74. The minimum atomic E-state index is -0.846. The van der Waals surface area contributed by atoms with E-state index in [0.717, 1.165) is 5.56 Å². The van der Waals surface area contributed by atoms with Gasteiger partial charge in [-0.1, -0.05) is 0 Å². The number of aromatic nitrogens is 1. The Morgan fingerprint density at radius 2 is 2.33 bits per heavy atom. The van der Waals surface area contributed by atoms with E-state index in [9.17, 15) is 10.1 Å². The summed E-state index contributed by atoms with van der Waals surface area (Å²) in [5.41, 5.74) is 0.724. The molecule has 94 valence electrons. The predicted octanol–water partition coefficient (Wildman–Crippen LogP) is 0.497. The molecule has 0 saturated heterocycles. The van der Waals surface area contributed by atoms with Gasteiger partial charge in [0, 0.05) is 24.5 Å². The monoisotopic (exact) mass is 249 g/mol. The Labute approximate surface area is 103 Å². The van der Waals surface area contributed by atoms with Gasteiger partial charge in [-0.25, -0.2) is 0 Å². The van der Waals surface area contributed by atoms with Gasteiger partial charge in [0.05, 0.1) is 6.61 Å². The molecule has 8 heteroatoms. The maximum Gasteiger partial charge on any atom is 0.294 e. The Morgan fingerprint density at radius 3 is 2.94 bits per heavy atom. The molecule has 0 aliphatic heterocycles. The summed E-state index contributed by atoms with van der Waals surface area (Å²) in [5, 5.41) is 20.1. The van der Waals surface area contributed by atoms with Gasteiger partial charge in [0.25, 0.3) is 5.09 Å². The Bertz CT molecular complexity index is 454. The zero-order valence-electron chi connectivity index (χ0n) is 9.44. The highest BCUT2D eigenvalue weighted by Crippen LogP contribution is 1.98. The maximum absolute atomic E-state index is 9.91. The second-order valence-electron chi connectivity index (χ2n) is 3.11. The molecule has 0 atom stereocenters. The second-order valence-corrected chi connectivity index (χ2v) is 3.11. The number of nitriles is 1. The quantitative estimate of drug-likeness (QED) is 0.149. The molecule has 0 aliphatic rings. The summed E-state index contributed by atoms with van der Waals surface area (Å²) in [7, 11) is 0. The van der Waals surface area contributed by atoms with E-state index in [1.807, 2.05) is 0 Å². The first kappa shape index (κ1) is 13.4. The van der Waals surface area contributed by atoms with Crippen molar-refractivity contribution in [1.29, 1.82) is 5.26 Å². The van der Waals surface area contributed by atoms with Crippen LogP contribution in [0, 0.1) is 21.6 Å². The number of hydrogen-bond acceptors (Lipinski definition) is 6. The van der Waals surface area contributed by atoms with E-state index in [0.29, 0.717) is 18.8 Å². The fourth-order valence-corrected chi connectivity index (χ4v) is 1.16. The van der Waals surface area contributed by atoms with Crippen LogP contribution in [0.4, 0.5) is 0 Å². The van der Waals surface area contributed by atoms with Crippen molar-refractivity contribution >= 4 is 5.84 Å². The van der Waals surface area contributed by atoms with Crippen LogP contribution in [0.15, 0.2) is 29.5 Å². The lowest BCUT2D eigenvalue weighted by Gasteiger charge is -2.03. The van der Waals surface area contributed by atoms with Gasteiger partial charge in [-0.3, -0.25) is 15.3 Å². The number of nitrogens with zero attached hydrogens (tertiary/aromatic N) is 4. The molecular weight excluding hydrogens is 238 g/mol. The van der Waals surface area contributed by atoms with E-state index < -0.39 is 5.09 Å². The van der Waals surface area contributed by atoms with Crippen molar-refractivity contribution in [1.82, 2.24) is 10.3 Å². The summed E-state index contributed by atoms with van der Waals surface area (Å²) < 4.78 is 0. The van der Waals surface area contributed by atoms with Crippen LogP contribution < -0.4 is 5.32 Å². The van der Waals surface area contributed by atoms with Gasteiger partial charge >= 0.3 is 0 Å². The molecule has 0 aromatic carbocycles. The Balaban J connectivity index is 2.52. The Kier molecular flexibility index (Phi) is 5.62. The molecule has 0 amide bonds.